The van der Waals surface area contributed by atoms with Crippen LogP contribution in [0.3, 0.4) is 0 Å². The van der Waals surface area contributed by atoms with Gasteiger partial charge in [-0.3, -0.25) is 0 Å². The summed E-state index contributed by atoms with van der Waals surface area (Å²) < 4.78 is 14.5. The molecule has 0 atom stereocenters. The molecule has 0 rings (SSSR count). The predicted molar refractivity (Wildman–Crippen MR) is 155 cm³/mol. The van der Waals surface area contributed by atoms with Crippen molar-refractivity contribution < 1.29 is 31.1 Å². The van der Waals surface area contributed by atoms with Crippen LogP contribution in [0.2, 0.25) is 118 Å². The van der Waals surface area contributed by atoms with Crippen LogP contribution in [-0.4, -0.2) is 49.4 Å². The van der Waals surface area contributed by atoms with Crippen LogP contribution in [0.1, 0.15) is 0 Å². The maximum atomic E-state index is 6.25. The first-order valence-electron chi connectivity index (χ1n) is 10.6. The van der Waals surface area contributed by atoms with Crippen LogP contribution in [0.15, 0.2) is 0 Å². The molecule has 0 N–H and O–H groups in total. The van der Waals surface area contributed by atoms with E-state index >= 15 is 0 Å². The fourth-order valence-corrected chi connectivity index (χ4v) is 27.2. The SMILES string of the molecule is C[Si](C)(C)[N-][Si](C)(C)C.C[Si](C)(C)[N-][Si](C)(C)C.C[Si](C)(C)[N-][Si](C)(C)C.[C-]#N.[U+4]. The van der Waals surface area contributed by atoms with Gasteiger partial charge >= 0.3 is 31.1 Å². The average molecular weight is 745 g/mol. The smallest absolute Gasteiger partial charge is 0.668 e. The molecule has 0 aliphatic heterocycles. The molecular weight excluding hydrogens is 691 g/mol. The molecule has 4 nitrogen and oxygen atoms in total. The van der Waals surface area contributed by atoms with Gasteiger partial charge < -0.3 is 25.8 Å². The van der Waals surface area contributed by atoms with E-state index in [1.165, 1.54) is 0 Å². The summed E-state index contributed by atoms with van der Waals surface area (Å²) in [6, 6.07) is 0. The first-order valence-corrected chi connectivity index (χ1v) is 31.2. The van der Waals surface area contributed by atoms with Gasteiger partial charge in [0.15, 0.2) is 0 Å². The predicted octanol–water partition coefficient (Wildman–Crippen LogP) is 9.19. The van der Waals surface area contributed by atoms with E-state index in [-0.39, 0.29) is 31.1 Å². The van der Waals surface area contributed by atoms with Crippen molar-refractivity contribution in [1.82, 2.24) is 0 Å². The average Bonchev–Trinajstić information content (AvgIpc) is 2.16. The van der Waals surface area contributed by atoms with Gasteiger partial charge in [0.2, 0.25) is 0 Å². The minimum absolute atomic E-state index is 0. The zero-order valence-electron chi connectivity index (χ0n) is 23.8. The molecule has 0 aliphatic carbocycles. The minimum Gasteiger partial charge on any atom is -0.668 e. The van der Waals surface area contributed by atoms with Crippen molar-refractivity contribution in [3.8, 4) is 0 Å². The molecule has 30 heavy (non-hydrogen) atoms. The van der Waals surface area contributed by atoms with Gasteiger partial charge in [0.05, 0.1) is 0 Å². The summed E-state index contributed by atoms with van der Waals surface area (Å²) >= 11 is 0. The van der Waals surface area contributed by atoms with Crippen molar-refractivity contribution in [3.63, 3.8) is 0 Å². The van der Waals surface area contributed by atoms with Crippen LogP contribution in [0.4, 0.5) is 0 Å². The maximum Gasteiger partial charge on any atom is 4.00 e. The molecule has 0 aromatic rings. The van der Waals surface area contributed by atoms with Crippen molar-refractivity contribution in [2.75, 3.05) is 0 Å². The third-order valence-corrected chi connectivity index (χ3v) is 18.1. The summed E-state index contributed by atoms with van der Waals surface area (Å²) in [5.41, 5.74) is 0. The van der Waals surface area contributed by atoms with E-state index in [1.54, 1.807) is 0 Å². The molecule has 0 saturated carbocycles. The molecule has 0 aliphatic rings. The summed E-state index contributed by atoms with van der Waals surface area (Å²) in [5.74, 6) is 0. The molecule has 11 heteroatoms. The second-order valence-electron chi connectivity index (χ2n) is 13.4. The number of hydrogen-bond donors (Lipinski definition) is 0. The minimum atomic E-state index is -1.11. The Hall–Kier alpha value is 1.72. The van der Waals surface area contributed by atoms with Crippen molar-refractivity contribution in [2.45, 2.75) is 118 Å². The second-order valence-corrected chi connectivity index (χ2v) is 42.1. The van der Waals surface area contributed by atoms with Crippen molar-refractivity contribution in [3.05, 3.63) is 20.5 Å². The number of hydrogen-bond acceptors (Lipinski definition) is 1. The molecule has 0 fully saturated rings. The third kappa shape index (κ3) is 63.0. The van der Waals surface area contributed by atoms with Gasteiger partial charge in [-0.15, -0.1) is 0 Å². The van der Waals surface area contributed by atoms with E-state index in [9.17, 15) is 0 Å². The second kappa shape index (κ2) is 16.4. The summed E-state index contributed by atoms with van der Waals surface area (Å²) in [6.45, 7) is 46.1. The zero-order chi connectivity index (χ0) is 25.1. The Labute approximate surface area is 222 Å². The first kappa shape index (κ1) is 41.9. The van der Waals surface area contributed by atoms with Gasteiger partial charge in [0.1, 0.15) is 0 Å². The molecule has 0 radical (unpaired) electrons. The van der Waals surface area contributed by atoms with Gasteiger partial charge in [-0.25, -0.2) is 0 Å². The first-order chi connectivity index (χ1) is 12.1. The van der Waals surface area contributed by atoms with Crippen molar-refractivity contribution in [2.24, 2.45) is 0 Å². The van der Waals surface area contributed by atoms with Gasteiger partial charge in [0.25, 0.3) is 0 Å². The molecule has 0 bridgehead atoms. The van der Waals surface area contributed by atoms with Crippen molar-refractivity contribution in [1.29, 1.82) is 5.26 Å². The summed E-state index contributed by atoms with van der Waals surface area (Å²) in [4.78, 5) is 0. The Morgan fingerprint density at radius 2 is 0.400 bits per heavy atom. The molecule has 0 saturated heterocycles. The summed E-state index contributed by atoms with van der Waals surface area (Å²) in [6.07, 6.45) is 0. The van der Waals surface area contributed by atoms with Gasteiger partial charge in [-0.05, 0) is 0 Å². The topological polar surface area (TPSA) is 66.1 Å². The zero-order valence-corrected chi connectivity index (χ0v) is 34.0. The molecule has 178 valence electrons. The summed E-state index contributed by atoms with van der Waals surface area (Å²) in [5, 5.41) is 6.25. The Balaban J connectivity index is -0.0000000982. The fraction of sp³-hybridized carbons (Fsp3) is 0.947. The van der Waals surface area contributed by atoms with Crippen LogP contribution in [0, 0.1) is 42.9 Å². The van der Waals surface area contributed by atoms with E-state index < -0.39 is 49.4 Å². The van der Waals surface area contributed by atoms with Gasteiger partial charge in [0, 0.05) is 0 Å². The molecule has 0 unspecified atom stereocenters. The van der Waals surface area contributed by atoms with E-state index in [1.807, 2.05) is 0 Å². The van der Waals surface area contributed by atoms with Gasteiger partial charge in [-0.2, -0.15) is 0 Å². The normalized spacial score (nSPS) is 12.7. The monoisotopic (exact) mass is 744 g/mol. The molecule has 0 aromatic heterocycles. The molecule has 0 heterocycles. The van der Waals surface area contributed by atoms with E-state index in [0.717, 1.165) is 0 Å². The standard InChI is InChI=1S/3C6H18NSi2.CN.U/c3*1-8(2,3)7-9(4,5)6;1-2;/h3*1-6H3;;/q4*-1;+4. The van der Waals surface area contributed by atoms with Crippen LogP contribution in [0.25, 0.3) is 13.9 Å². The van der Waals surface area contributed by atoms with E-state index in [2.05, 4.69) is 118 Å². The quantitative estimate of drug-likeness (QED) is 0.198. The van der Waals surface area contributed by atoms with Crippen molar-refractivity contribution >= 4 is 49.4 Å². The Bertz CT molecular complexity index is 336. The van der Waals surface area contributed by atoms with Crippen LogP contribution in [-0.2, 0) is 0 Å². The molecular formula is C19H54N4Si6U. The van der Waals surface area contributed by atoms with Crippen LogP contribution < -0.4 is 0 Å². The van der Waals surface area contributed by atoms with Crippen LogP contribution >= 0.6 is 0 Å². The van der Waals surface area contributed by atoms with E-state index in [4.69, 9.17) is 25.8 Å². The Morgan fingerprint density at radius 3 is 0.400 bits per heavy atom. The molecule has 0 aromatic carbocycles. The Morgan fingerprint density at radius 1 is 0.333 bits per heavy atom. The Kier molecular flexibility index (Phi) is 22.9. The van der Waals surface area contributed by atoms with E-state index in [0.29, 0.717) is 0 Å². The molecule has 0 amide bonds. The third-order valence-electron chi connectivity index (χ3n) is 2.01. The summed E-state index contributed by atoms with van der Waals surface area (Å²) in [7, 11) is -6.64. The number of nitrogens with zero attached hydrogens (tertiary/aromatic N) is 4. The maximum absolute atomic E-state index is 6.25. The van der Waals surface area contributed by atoms with Crippen LogP contribution in [0.5, 0.6) is 0 Å². The van der Waals surface area contributed by atoms with Gasteiger partial charge in [-0.1, -0.05) is 167 Å². The number of rotatable bonds is 6. The molecule has 0 spiro atoms. The fourth-order valence-electron chi connectivity index (χ4n) is 3.02. The largest absolute Gasteiger partial charge is 4.00 e.